The van der Waals surface area contributed by atoms with E-state index >= 15 is 0 Å². The number of carboxylic acids is 1. The van der Waals surface area contributed by atoms with Gasteiger partial charge in [-0.2, -0.15) is 0 Å². The van der Waals surface area contributed by atoms with Crippen LogP contribution in [0.3, 0.4) is 0 Å². The van der Waals surface area contributed by atoms with Crippen LogP contribution in [-0.4, -0.2) is 37.8 Å². The summed E-state index contributed by atoms with van der Waals surface area (Å²) in [5.74, 6) is -0.626. The Labute approximate surface area is 194 Å². The smallest absolute Gasteiger partial charge is 0.335 e. The van der Waals surface area contributed by atoms with Crippen LogP contribution >= 0.6 is 23.2 Å². The average Bonchev–Trinajstić information content (AvgIpc) is 2.75. The molecule has 0 bridgehead atoms. The molecule has 8 nitrogen and oxygen atoms in total. The fourth-order valence-corrected chi connectivity index (χ4v) is 4.41. The molecule has 0 unspecified atom stereocenters. The number of phenols is 1. The second-order valence-electron chi connectivity index (χ2n) is 6.39. The average molecular weight is 498 g/mol. The summed E-state index contributed by atoms with van der Waals surface area (Å²) < 4.78 is 38.4. The van der Waals surface area contributed by atoms with Gasteiger partial charge in [-0.1, -0.05) is 23.2 Å². The van der Waals surface area contributed by atoms with Crippen LogP contribution in [0.4, 0.5) is 5.69 Å². The molecule has 3 aromatic rings. The summed E-state index contributed by atoms with van der Waals surface area (Å²) in [4.78, 5) is 10.4. The molecule has 3 rings (SSSR count). The molecular weight excluding hydrogens is 481 g/mol. The van der Waals surface area contributed by atoms with Crippen LogP contribution in [-0.2, 0) is 10.0 Å². The molecule has 0 fully saturated rings. The quantitative estimate of drug-likeness (QED) is 0.367. The van der Waals surface area contributed by atoms with Gasteiger partial charge >= 0.3 is 5.97 Å². The van der Waals surface area contributed by atoms with E-state index in [1.54, 1.807) is 24.3 Å². The Balaban J connectivity index is 1.54. The van der Waals surface area contributed by atoms with Gasteiger partial charge in [-0.05, 0) is 60.7 Å². The zero-order valence-corrected chi connectivity index (χ0v) is 18.6. The number of halogens is 2. The first-order valence-electron chi connectivity index (χ1n) is 9.05. The standard InChI is InChI=1S/C21H17Cl2NO7S/c22-14-11-18(23)20(25)19(12-14)32(28,29)24-15-3-7-17(8-4-15)31-10-9-30-16-5-1-13(2-6-16)21(26)27/h1-8,11-12,24-25H,9-10H2,(H,26,27). The van der Waals surface area contributed by atoms with Crippen molar-refractivity contribution < 1.29 is 32.9 Å². The Morgan fingerprint density at radius 1 is 0.906 bits per heavy atom. The Morgan fingerprint density at radius 3 is 1.97 bits per heavy atom. The number of aromatic carboxylic acids is 1. The van der Waals surface area contributed by atoms with E-state index < -0.39 is 26.6 Å². The second kappa shape index (κ2) is 9.99. The lowest BCUT2D eigenvalue weighted by molar-refractivity contribution is 0.0696. The normalized spacial score (nSPS) is 11.1. The highest BCUT2D eigenvalue weighted by atomic mass is 35.5. The van der Waals surface area contributed by atoms with E-state index in [-0.39, 0.29) is 34.5 Å². The number of anilines is 1. The highest BCUT2D eigenvalue weighted by Gasteiger charge is 2.22. The zero-order chi connectivity index (χ0) is 23.3. The third-order valence-electron chi connectivity index (χ3n) is 4.11. The fraction of sp³-hybridized carbons (Fsp3) is 0.0952. The number of rotatable bonds is 9. The largest absolute Gasteiger partial charge is 0.505 e. The molecule has 0 spiro atoms. The van der Waals surface area contributed by atoms with E-state index in [1.807, 2.05) is 0 Å². The van der Waals surface area contributed by atoms with Crippen LogP contribution in [0, 0.1) is 0 Å². The van der Waals surface area contributed by atoms with E-state index in [1.165, 1.54) is 30.3 Å². The SMILES string of the molecule is O=C(O)c1ccc(OCCOc2ccc(NS(=O)(=O)c3cc(Cl)cc(Cl)c3O)cc2)cc1. The Hall–Kier alpha value is -3.14. The maximum absolute atomic E-state index is 12.5. The Bertz CT molecular complexity index is 1210. The van der Waals surface area contributed by atoms with E-state index in [0.717, 1.165) is 6.07 Å². The van der Waals surface area contributed by atoms with E-state index in [9.17, 15) is 18.3 Å². The fourth-order valence-electron chi connectivity index (χ4n) is 2.59. The van der Waals surface area contributed by atoms with E-state index in [0.29, 0.717) is 11.5 Å². The van der Waals surface area contributed by atoms with Gasteiger partial charge in [-0.15, -0.1) is 0 Å². The monoisotopic (exact) mass is 497 g/mol. The van der Waals surface area contributed by atoms with Gasteiger partial charge in [0.2, 0.25) is 0 Å². The molecule has 11 heteroatoms. The predicted octanol–water partition coefficient (Wildman–Crippen LogP) is 4.66. The number of benzene rings is 3. The molecule has 0 saturated carbocycles. The zero-order valence-electron chi connectivity index (χ0n) is 16.3. The number of carboxylic acid groups (broad SMARTS) is 1. The van der Waals surface area contributed by atoms with Gasteiger partial charge in [0.1, 0.15) is 29.6 Å². The molecule has 3 aromatic carbocycles. The first-order valence-corrected chi connectivity index (χ1v) is 11.3. The summed E-state index contributed by atoms with van der Waals surface area (Å²) in [5, 5.41) is 18.7. The summed E-state index contributed by atoms with van der Waals surface area (Å²) in [6, 6.07) is 14.4. The number of ether oxygens (including phenoxy) is 2. The van der Waals surface area contributed by atoms with Crippen molar-refractivity contribution in [1.82, 2.24) is 0 Å². The highest BCUT2D eigenvalue weighted by molar-refractivity contribution is 7.92. The van der Waals surface area contributed by atoms with Gasteiger partial charge in [-0.3, -0.25) is 4.72 Å². The Morgan fingerprint density at radius 2 is 1.44 bits per heavy atom. The molecule has 0 aromatic heterocycles. The predicted molar refractivity (Wildman–Crippen MR) is 120 cm³/mol. The molecule has 0 aliphatic rings. The Kier molecular flexibility index (Phi) is 7.34. The van der Waals surface area contributed by atoms with Crippen LogP contribution in [0.5, 0.6) is 17.2 Å². The number of carbonyl (C=O) groups is 1. The minimum Gasteiger partial charge on any atom is -0.505 e. The lowest BCUT2D eigenvalue weighted by atomic mass is 10.2. The maximum atomic E-state index is 12.5. The number of hydrogen-bond donors (Lipinski definition) is 3. The van der Waals surface area contributed by atoms with E-state index in [2.05, 4.69) is 4.72 Å². The van der Waals surface area contributed by atoms with Gasteiger partial charge in [0.25, 0.3) is 10.0 Å². The molecular formula is C21H17Cl2NO7S. The second-order valence-corrected chi connectivity index (χ2v) is 8.89. The molecule has 0 atom stereocenters. The van der Waals surface area contributed by atoms with Crippen molar-refractivity contribution in [2.45, 2.75) is 4.90 Å². The number of nitrogens with one attached hydrogen (secondary N) is 1. The molecule has 0 aliphatic carbocycles. The first-order chi connectivity index (χ1) is 15.2. The number of hydrogen-bond acceptors (Lipinski definition) is 6. The van der Waals surface area contributed by atoms with Crippen LogP contribution in [0.1, 0.15) is 10.4 Å². The van der Waals surface area contributed by atoms with Gasteiger partial charge in [0.15, 0.2) is 5.75 Å². The summed E-state index contributed by atoms with van der Waals surface area (Å²) in [5.41, 5.74) is 0.403. The lowest BCUT2D eigenvalue weighted by Crippen LogP contribution is -2.13. The molecule has 0 radical (unpaired) electrons. The van der Waals surface area contributed by atoms with Gasteiger partial charge in [0, 0.05) is 10.7 Å². The van der Waals surface area contributed by atoms with Crippen molar-refractivity contribution in [1.29, 1.82) is 0 Å². The van der Waals surface area contributed by atoms with Crippen LogP contribution in [0.15, 0.2) is 65.6 Å². The van der Waals surface area contributed by atoms with Crippen molar-refractivity contribution in [3.63, 3.8) is 0 Å². The van der Waals surface area contributed by atoms with Gasteiger partial charge < -0.3 is 19.7 Å². The van der Waals surface area contributed by atoms with Crippen LogP contribution in [0.25, 0.3) is 0 Å². The molecule has 0 aliphatic heterocycles. The number of sulfonamides is 1. The highest BCUT2D eigenvalue weighted by Crippen LogP contribution is 2.35. The topological polar surface area (TPSA) is 122 Å². The molecule has 0 saturated heterocycles. The van der Waals surface area contributed by atoms with Crippen molar-refractivity contribution in [2.24, 2.45) is 0 Å². The summed E-state index contributed by atoms with van der Waals surface area (Å²) in [6.07, 6.45) is 0. The summed E-state index contributed by atoms with van der Waals surface area (Å²) >= 11 is 11.6. The van der Waals surface area contributed by atoms with E-state index in [4.69, 9.17) is 37.8 Å². The molecule has 3 N–H and O–H groups in total. The molecule has 0 amide bonds. The lowest BCUT2D eigenvalue weighted by Gasteiger charge is -2.12. The third kappa shape index (κ3) is 5.97. The summed E-state index contributed by atoms with van der Waals surface area (Å²) in [6.45, 7) is 0.427. The number of aromatic hydroxyl groups is 1. The van der Waals surface area contributed by atoms with Gasteiger partial charge in [-0.25, -0.2) is 13.2 Å². The maximum Gasteiger partial charge on any atom is 0.335 e. The molecule has 0 heterocycles. The minimum absolute atomic E-state index is 0.0666. The third-order valence-corrected chi connectivity index (χ3v) is 6.01. The molecule has 168 valence electrons. The van der Waals surface area contributed by atoms with Crippen LogP contribution < -0.4 is 14.2 Å². The van der Waals surface area contributed by atoms with Crippen molar-refractivity contribution >= 4 is 44.9 Å². The number of phenolic OH excluding ortho intramolecular Hbond substituents is 1. The molecule has 32 heavy (non-hydrogen) atoms. The van der Waals surface area contributed by atoms with Crippen LogP contribution in [0.2, 0.25) is 10.0 Å². The van der Waals surface area contributed by atoms with Crippen molar-refractivity contribution in [2.75, 3.05) is 17.9 Å². The first kappa shape index (κ1) is 23.5. The van der Waals surface area contributed by atoms with Crippen molar-refractivity contribution in [3.8, 4) is 17.2 Å². The summed E-state index contributed by atoms with van der Waals surface area (Å²) in [7, 11) is -4.13. The minimum atomic E-state index is -4.13. The van der Waals surface area contributed by atoms with Gasteiger partial charge in [0.05, 0.1) is 10.6 Å². The van der Waals surface area contributed by atoms with Crippen molar-refractivity contribution in [3.05, 3.63) is 76.3 Å².